The summed E-state index contributed by atoms with van der Waals surface area (Å²) in [6.07, 6.45) is 0. The Morgan fingerprint density at radius 2 is 1.59 bits per heavy atom. The predicted octanol–water partition coefficient (Wildman–Crippen LogP) is 3.44. The first kappa shape index (κ1) is 12.7. The second-order valence-corrected chi connectivity index (χ2v) is 6.72. The Hall–Kier alpha value is -0.720. The lowest BCUT2D eigenvalue weighted by atomic mass is 10.4. The van der Waals surface area contributed by atoms with Gasteiger partial charge in [0.25, 0.3) is 0 Å². The van der Waals surface area contributed by atoms with Crippen LogP contribution in [0.5, 0.6) is 0 Å². The minimum atomic E-state index is -3.52. The van der Waals surface area contributed by atoms with E-state index in [0.717, 1.165) is 0 Å². The molecule has 3 nitrogen and oxygen atoms in total. The molecule has 88 valence electrons. The van der Waals surface area contributed by atoms with Gasteiger partial charge in [-0.3, -0.25) is 0 Å². The van der Waals surface area contributed by atoms with Gasteiger partial charge >= 0.3 is 0 Å². The molecule has 2 rings (SSSR count). The lowest BCUT2D eigenvalue weighted by Gasteiger charge is -2.06. The van der Waals surface area contributed by atoms with Crippen LogP contribution in [0.25, 0.3) is 0 Å². The Bertz CT molecular complexity index is 642. The van der Waals surface area contributed by atoms with Gasteiger partial charge in [0.2, 0.25) is 9.84 Å². The van der Waals surface area contributed by atoms with Crippen LogP contribution in [0.2, 0.25) is 0 Å². The number of nitrogens with zero attached hydrogens (tertiary/aromatic N) is 1. The van der Waals surface area contributed by atoms with Crippen molar-refractivity contribution in [3.8, 4) is 0 Å². The third-order valence-electron chi connectivity index (χ3n) is 2.12. The Morgan fingerprint density at radius 1 is 0.941 bits per heavy atom. The summed E-state index contributed by atoms with van der Waals surface area (Å²) in [7, 11) is -3.52. The number of benzene rings is 1. The van der Waals surface area contributed by atoms with Gasteiger partial charge in [-0.25, -0.2) is 13.4 Å². The zero-order valence-electron chi connectivity index (χ0n) is 8.47. The molecule has 1 aromatic carbocycles. The smallest absolute Gasteiger partial charge is 0.209 e. The molecule has 0 bridgehead atoms. The lowest BCUT2D eigenvalue weighted by molar-refractivity contribution is 0.595. The average molecular weight is 377 g/mol. The molecule has 0 radical (unpaired) electrons. The van der Waals surface area contributed by atoms with Crippen molar-refractivity contribution < 1.29 is 8.42 Å². The molecule has 0 N–H and O–H groups in total. The molecule has 0 amide bonds. The van der Waals surface area contributed by atoms with Gasteiger partial charge in [0, 0.05) is 0 Å². The first-order valence-corrected chi connectivity index (χ1v) is 7.71. The highest BCUT2D eigenvalue weighted by atomic mass is 79.9. The van der Waals surface area contributed by atoms with E-state index in [1.54, 1.807) is 36.4 Å². The summed E-state index contributed by atoms with van der Waals surface area (Å²) in [4.78, 5) is 4.43. The highest BCUT2D eigenvalue weighted by Crippen LogP contribution is 2.27. The molecule has 0 saturated carbocycles. The van der Waals surface area contributed by atoms with Crippen LogP contribution in [0.1, 0.15) is 0 Å². The molecule has 0 saturated heterocycles. The van der Waals surface area contributed by atoms with Gasteiger partial charge in [0.15, 0.2) is 0 Å². The number of halogens is 2. The number of sulfone groups is 1. The van der Waals surface area contributed by atoms with Gasteiger partial charge in [0.05, 0.1) is 4.90 Å². The van der Waals surface area contributed by atoms with Crippen LogP contribution in [0, 0.1) is 0 Å². The van der Waals surface area contributed by atoms with E-state index in [2.05, 4.69) is 36.8 Å². The Kier molecular flexibility index (Phi) is 3.65. The zero-order valence-corrected chi connectivity index (χ0v) is 12.5. The fraction of sp³-hybridized carbons (Fsp3) is 0. The van der Waals surface area contributed by atoms with E-state index in [1.807, 2.05) is 0 Å². The monoisotopic (exact) mass is 375 g/mol. The van der Waals surface area contributed by atoms with Crippen LogP contribution < -0.4 is 0 Å². The molecular weight excluding hydrogens is 370 g/mol. The highest BCUT2D eigenvalue weighted by molar-refractivity contribution is 9.11. The van der Waals surface area contributed by atoms with Gasteiger partial charge in [0.1, 0.15) is 14.1 Å². The number of hydrogen-bond donors (Lipinski definition) is 0. The van der Waals surface area contributed by atoms with Crippen LogP contribution in [0.15, 0.2) is 61.5 Å². The normalized spacial score (nSPS) is 11.4. The second-order valence-electron chi connectivity index (χ2n) is 3.24. The lowest BCUT2D eigenvalue weighted by Crippen LogP contribution is -2.03. The van der Waals surface area contributed by atoms with Crippen LogP contribution in [0.4, 0.5) is 0 Å². The quantitative estimate of drug-likeness (QED) is 0.754. The van der Waals surface area contributed by atoms with E-state index in [1.165, 1.54) is 6.07 Å². The fourth-order valence-electron chi connectivity index (χ4n) is 1.33. The first-order chi connectivity index (χ1) is 8.01. The molecule has 6 heteroatoms. The minimum Gasteiger partial charge on any atom is -0.233 e. The number of rotatable bonds is 2. The number of pyridine rings is 1. The molecular formula is C11H7Br2NO2S. The summed E-state index contributed by atoms with van der Waals surface area (Å²) >= 11 is 6.34. The summed E-state index contributed by atoms with van der Waals surface area (Å²) < 4.78 is 25.4. The topological polar surface area (TPSA) is 47.0 Å². The third-order valence-corrected chi connectivity index (χ3v) is 5.23. The maximum atomic E-state index is 12.3. The molecule has 1 aromatic heterocycles. The molecule has 0 atom stereocenters. The largest absolute Gasteiger partial charge is 0.233 e. The SMILES string of the molecule is O=S(=O)(c1ccccc1)c1ccc(Br)nc1Br. The van der Waals surface area contributed by atoms with Crippen molar-refractivity contribution in [1.29, 1.82) is 0 Å². The standard InChI is InChI=1S/C11H7Br2NO2S/c12-10-7-6-9(11(13)14-10)17(15,16)8-4-2-1-3-5-8/h1-7H. The van der Waals surface area contributed by atoms with Crippen molar-refractivity contribution in [3.05, 3.63) is 51.7 Å². The molecule has 0 aliphatic rings. The second kappa shape index (κ2) is 4.88. The van der Waals surface area contributed by atoms with Crippen LogP contribution >= 0.6 is 31.9 Å². The molecule has 0 fully saturated rings. The third kappa shape index (κ3) is 2.59. The molecule has 0 aliphatic carbocycles. The summed E-state index contributed by atoms with van der Waals surface area (Å²) in [5, 5.41) is 0. The van der Waals surface area contributed by atoms with E-state index in [0.29, 0.717) is 9.21 Å². The summed E-state index contributed by atoms with van der Waals surface area (Å²) in [5.41, 5.74) is 0. The fourth-order valence-corrected chi connectivity index (χ4v) is 4.12. The number of aromatic nitrogens is 1. The van der Waals surface area contributed by atoms with E-state index < -0.39 is 9.84 Å². The maximum absolute atomic E-state index is 12.3. The van der Waals surface area contributed by atoms with Crippen molar-refractivity contribution in [1.82, 2.24) is 4.98 Å². The van der Waals surface area contributed by atoms with Crippen LogP contribution in [-0.2, 0) is 9.84 Å². The van der Waals surface area contributed by atoms with E-state index in [9.17, 15) is 8.42 Å². The van der Waals surface area contributed by atoms with E-state index in [4.69, 9.17) is 0 Å². The molecule has 1 heterocycles. The summed E-state index contributed by atoms with van der Waals surface area (Å²) in [6, 6.07) is 11.4. The van der Waals surface area contributed by atoms with Crippen molar-refractivity contribution in [2.75, 3.05) is 0 Å². The zero-order chi connectivity index (χ0) is 12.5. The van der Waals surface area contributed by atoms with Gasteiger partial charge in [-0.2, -0.15) is 0 Å². The van der Waals surface area contributed by atoms with Crippen molar-refractivity contribution >= 4 is 41.7 Å². The van der Waals surface area contributed by atoms with Crippen molar-refractivity contribution in [3.63, 3.8) is 0 Å². The molecule has 17 heavy (non-hydrogen) atoms. The predicted molar refractivity (Wildman–Crippen MR) is 71.5 cm³/mol. The summed E-state index contributed by atoms with van der Waals surface area (Å²) in [5.74, 6) is 0. The van der Waals surface area contributed by atoms with Crippen molar-refractivity contribution in [2.45, 2.75) is 9.79 Å². The van der Waals surface area contributed by atoms with Gasteiger partial charge in [-0.05, 0) is 56.1 Å². The molecule has 2 aromatic rings. The highest BCUT2D eigenvalue weighted by Gasteiger charge is 2.20. The molecule has 0 spiro atoms. The van der Waals surface area contributed by atoms with E-state index in [-0.39, 0.29) is 9.79 Å². The van der Waals surface area contributed by atoms with Crippen LogP contribution in [0.3, 0.4) is 0 Å². The Labute approximate surface area is 116 Å². The minimum absolute atomic E-state index is 0.159. The number of hydrogen-bond acceptors (Lipinski definition) is 3. The van der Waals surface area contributed by atoms with E-state index >= 15 is 0 Å². The van der Waals surface area contributed by atoms with Gasteiger partial charge < -0.3 is 0 Å². The van der Waals surface area contributed by atoms with Crippen LogP contribution in [-0.4, -0.2) is 13.4 Å². The summed E-state index contributed by atoms with van der Waals surface area (Å²) in [6.45, 7) is 0. The van der Waals surface area contributed by atoms with Gasteiger partial charge in [-0.1, -0.05) is 18.2 Å². The maximum Gasteiger partial charge on any atom is 0.209 e. The van der Waals surface area contributed by atoms with Gasteiger partial charge in [-0.15, -0.1) is 0 Å². The first-order valence-electron chi connectivity index (χ1n) is 4.64. The molecule has 0 unspecified atom stereocenters. The Morgan fingerprint density at radius 3 is 2.18 bits per heavy atom. The average Bonchev–Trinajstić information content (AvgIpc) is 2.29. The van der Waals surface area contributed by atoms with Crippen molar-refractivity contribution in [2.24, 2.45) is 0 Å². The molecule has 0 aliphatic heterocycles. The Balaban J connectivity index is 2.61.